The third kappa shape index (κ3) is 2.81. The molecule has 1 aliphatic heterocycles. The maximum atomic E-state index is 12.5. The van der Waals surface area contributed by atoms with Crippen molar-refractivity contribution < 1.29 is 9.90 Å². The van der Waals surface area contributed by atoms with E-state index in [0.29, 0.717) is 29.9 Å². The molecule has 4 N–H and O–H groups in total. The maximum absolute atomic E-state index is 12.5. The Morgan fingerprint density at radius 1 is 1.09 bits per heavy atom. The fourth-order valence-electron chi connectivity index (χ4n) is 5.11. The van der Waals surface area contributed by atoms with Crippen LogP contribution in [-0.4, -0.2) is 38.4 Å². The molecule has 0 atom stereocenters. The summed E-state index contributed by atoms with van der Waals surface area (Å²) in [6, 6.07) is 20.0. The van der Waals surface area contributed by atoms with E-state index in [1.165, 1.54) is 0 Å². The van der Waals surface area contributed by atoms with Crippen LogP contribution in [0.3, 0.4) is 0 Å². The average molecular weight is 425 g/mol. The molecule has 1 spiro atoms. The van der Waals surface area contributed by atoms with E-state index < -0.39 is 5.91 Å². The average Bonchev–Trinajstić information content (AvgIpc) is 3.19. The van der Waals surface area contributed by atoms with Crippen molar-refractivity contribution >= 4 is 22.6 Å². The van der Waals surface area contributed by atoms with Crippen LogP contribution in [-0.2, 0) is 5.54 Å². The number of rotatable bonds is 3. The van der Waals surface area contributed by atoms with Gasteiger partial charge in [-0.1, -0.05) is 48.5 Å². The number of anilines is 1. The Balaban J connectivity index is 1.50. The number of aromatic nitrogens is 3. The molecule has 2 aliphatic rings. The number of aliphatic hydroxyl groups is 1. The maximum Gasteiger partial charge on any atom is 0.254 e. The summed E-state index contributed by atoms with van der Waals surface area (Å²) in [7, 11) is 0. The first-order valence-corrected chi connectivity index (χ1v) is 10.9. The summed E-state index contributed by atoms with van der Waals surface area (Å²) < 4.78 is 1.89. The van der Waals surface area contributed by atoms with Gasteiger partial charge in [0.1, 0.15) is 17.1 Å². The molecule has 7 heteroatoms. The molecule has 0 saturated heterocycles. The molecule has 0 bridgehead atoms. The van der Waals surface area contributed by atoms with Crippen LogP contribution in [0.15, 0.2) is 60.7 Å². The highest BCUT2D eigenvalue weighted by atomic mass is 16.3. The topological polar surface area (TPSA) is 106 Å². The molecule has 2 aromatic heterocycles. The molecule has 0 radical (unpaired) electrons. The molecule has 160 valence electrons. The lowest BCUT2D eigenvalue weighted by Gasteiger charge is -2.48. The predicted octanol–water partition coefficient (Wildman–Crippen LogP) is 3.53. The normalized spacial score (nSPS) is 21.7. The molecule has 1 aliphatic carbocycles. The number of nitrogens with one attached hydrogen (secondary N) is 1. The van der Waals surface area contributed by atoms with E-state index in [1.54, 1.807) is 0 Å². The van der Waals surface area contributed by atoms with Crippen molar-refractivity contribution in [3.8, 4) is 22.5 Å². The molecule has 0 unspecified atom stereocenters. The lowest BCUT2D eigenvalue weighted by atomic mass is 9.71. The summed E-state index contributed by atoms with van der Waals surface area (Å²) in [5.74, 6) is 0.133. The van der Waals surface area contributed by atoms with Gasteiger partial charge in [0.05, 0.1) is 22.9 Å². The van der Waals surface area contributed by atoms with Gasteiger partial charge in [-0.2, -0.15) is 5.10 Å². The Kier molecular flexibility index (Phi) is 4.10. The van der Waals surface area contributed by atoms with Crippen molar-refractivity contribution in [3.05, 3.63) is 66.2 Å². The number of nitrogens with two attached hydrogens (primary N) is 1. The van der Waals surface area contributed by atoms with Gasteiger partial charge in [0.15, 0.2) is 0 Å². The second kappa shape index (κ2) is 6.90. The van der Waals surface area contributed by atoms with Crippen LogP contribution in [0, 0.1) is 0 Å². The first-order chi connectivity index (χ1) is 15.5. The van der Waals surface area contributed by atoms with Gasteiger partial charge in [-0.15, -0.1) is 0 Å². The predicted molar refractivity (Wildman–Crippen MR) is 123 cm³/mol. The zero-order valence-electron chi connectivity index (χ0n) is 17.5. The van der Waals surface area contributed by atoms with Crippen LogP contribution in [0.2, 0.25) is 0 Å². The molecule has 4 aromatic rings. The molecule has 32 heavy (non-hydrogen) atoms. The minimum absolute atomic E-state index is 0.252. The van der Waals surface area contributed by atoms with Crippen molar-refractivity contribution in [3.63, 3.8) is 0 Å². The van der Waals surface area contributed by atoms with Crippen molar-refractivity contribution in [2.24, 2.45) is 5.73 Å². The second-order valence-corrected chi connectivity index (χ2v) is 8.78. The van der Waals surface area contributed by atoms with E-state index in [2.05, 4.69) is 5.32 Å². The van der Waals surface area contributed by atoms with Gasteiger partial charge < -0.3 is 16.2 Å². The third-order valence-electron chi connectivity index (χ3n) is 6.73. The molecular formula is C25H23N5O2. The lowest BCUT2D eigenvalue weighted by molar-refractivity contribution is -0.0345. The van der Waals surface area contributed by atoms with Crippen LogP contribution in [0.5, 0.6) is 0 Å². The molecule has 3 heterocycles. The molecule has 7 nitrogen and oxygen atoms in total. The highest BCUT2D eigenvalue weighted by Crippen LogP contribution is 2.48. The molecular weight excluding hydrogens is 402 g/mol. The van der Waals surface area contributed by atoms with E-state index in [-0.39, 0.29) is 11.6 Å². The number of fused-ring (bicyclic) bond motifs is 3. The number of hydrogen-bond acceptors (Lipinski definition) is 5. The van der Waals surface area contributed by atoms with Crippen molar-refractivity contribution in [1.82, 2.24) is 14.8 Å². The van der Waals surface area contributed by atoms with E-state index >= 15 is 0 Å². The Morgan fingerprint density at radius 3 is 2.62 bits per heavy atom. The van der Waals surface area contributed by atoms with Crippen molar-refractivity contribution in [2.45, 2.75) is 30.9 Å². The highest BCUT2D eigenvalue weighted by Gasteiger charge is 2.49. The Hall–Kier alpha value is -3.71. The summed E-state index contributed by atoms with van der Waals surface area (Å²) in [5.41, 5.74) is 10.1. The van der Waals surface area contributed by atoms with Crippen LogP contribution in [0.25, 0.3) is 33.4 Å². The number of pyridine rings is 1. The summed E-state index contributed by atoms with van der Waals surface area (Å²) >= 11 is 0. The smallest absolute Gasteiger partial charge is 0.254 e. The molecule has 1 saturated carbocycles. The van der Waals surface area contributed by atoms with Gasteiger partial charge >= 0.3 is 0 Å². The SMILES string of the molecule is NC(=O)c1c(-c2ccc3ccc(-c4ccccc4)nc3c2)nn2c1NCCC21CC(O)C1. The Morgan fingerprint density at radius 2 is 1.88 bits per heavy atom. The van der Waals surface area contributed by atoms with Gasteiger partial charge in [-0.05, 0) is 31.4 Å². The number of nitrogens with zero attached hydrogens (tertiary/aromatic N) is 3. The number of benzene rings is 2. The summed E-state index contributed by atoms with van der Waals surface area (Å²) in [5, 5.41) is 19.1. The Bertz CT molecular complexity index is 1360. The van der Waals surface area contributed by atoms with Crippen LogP contribution < -0.4 is 11.1 Å². The Labute approximate surface area is 184 Å². The summed E-state index contributed by atoms with van der Waals surface area (Å²) in [6.45, 7) is 0.720. The van der Waals surface area contributed by atoms with Crippen molar-refractivity contribution in [2.75, 3.05) is 11.9 Å². The van der Waals surface area contributed by atoms with Gasteiger partial charge in [-0.25, -0.2) is 9.67 Å². The number of aliphatic hydroxyl groups excluding tert-OH is 1. The molecule has 1 amide bonds. The first kappa shape index (κ1) is 19.0. The minimum atomic E-state index is -0.517. The van der Waals surface area contributed by atoms with Crippen molar-refractivity contribution in [1.29, 1.82) is 0 Å². The first-order valence-electron chi connectivity index (χ1n) is 10.9. The van der Waals surface area contributed by atoms with Gasteiger partial charge in [0, 0.05) is 23.1 Å². The molecule has 2 aromatic carbocycles. The molecule has 1 fully saturated rings. The molecule has 6 rings (SSSR count). The second-order valence-electron chi connectivity index (χ2n) is 8.78. The number of carbonyl (C=O) groups excluding carboxylic acids is 1. The lowest BCUT2D eigenvalue weighted by Crippen LogP contribution is -2.53. The summed E-state index contributed by atoms with van der Waals surface area (Å²) in [6.07, 6.45) is 1.81. The number of carbonyl (C=O) groups is 1. The zero-order chi connectivity index (χ0) is 21.9. The van der Waals surface area contributed by atoms with Crippen LogP contribution in [0.1, 0.15) is 29.6 Å². The standard InChI is InChI=1S/C25H23N5O2/c26-23(32)21-22(29-30-24(21)27-11-10-25(30)13-18(31)14-25)17-7-6-16-8-9-19(28-20(16)12-17)15-4-2-1-3-5-15/h1-9,12,18,27,31H,10-11,13-14H2,(H2,26,32). The highest BCUT2D eigenvalue weighted by molar-refractivity contribution is 6.04. The minimum Gasteiger partial charge on any atom is -0.393 e. The van der Waals surface area contributed by atoms with E-state index in [1.807, 2.05) is 65.3 Å². The van der Waals surface area contributed by atoms with Crippen LogP contribution in [0.4, 0.5) is 5.82 Å². The fourth-order valence-corrected chi connectivity index (χ4v) is 5.11. The zero-order valence-corrected chi connectivity index (χ0v) is 17.5. The number of amides is 1. The quantitative estimate of drug-likeness (QED) is 0.466. The van der Waals surface area contributed by atoms with Gasteiger partial charge in [-0.3, -0.25) is 4.79 Å². The van der Waals surface area contributed by atoms with Gasteiger partial charge in [0.25, 0.3) is 5.91 Å². The largest absolute Gasteiger partial charge is 0.393 e. The third-order valence-corrected chi connectivity index (χ3v) is 6.73. The van der Waals surface area contributed by atoms with E-state index in [0.717, 1.165) is 40.7 Å². The fraction of sp³-hybridized carbons (Fsp3) is 0.240. The summed E-state index contributed by atoms with van der Waals surface area (Å²) in [4.78, 5) is 17.3. The number of primary amides is 1. The monoisotopic (exact) mass is 425 g/mol. The van der Waals surface area contributed by atoms with E-state index in [9.17, 15) is 9.90 Å². The van der Waals surface area contributed by atoms with Crippen LogP contribution >= 0.6 is 0 Å². The number of hydrogen-bond donors (Lipinski definition) is 3. The van der Waals surface area contributed by atoms with E-state index in [4.69, 9.17) is 15.8 Å². The van der Waals surface area contributed by atoms with Gasteiger partial charge in [0.2, 0.25) is 0 Å².